The van der Waals surface area contributed by atoms with Gasteiger partial charge in [-0.15, -0.1) is 5.10 Å². The van der Waals surface area contributed by atoms with Gasteiger partial charge in [-0.25, -0.2) is 0 Å². The van der Waals surface area contributed by atoms with E-state index in [2.05, 4.69) is 20.5 Å². The Labute approximate surface area is 185 Å². The van der Waals surface area contributed by atoms with E-state index in [1.165, 1.54) is 0 Å². The van der Waals surface area contributed by atoms with Gasteiger partial charge in [0, 0.05) is 11.6 Å². The van der Waals surface area contributed by atoms with Gasteiger partial charge in [-0.05, 0) is 42.0 Å². The molecule has 8 heteroatoms. The summed E-state index contributed by atoms with van der Waals surface area (Å²) in [6, 6.07) is 22.1. The number of carbonyl (C=O) groups is 1. The second kappa shape index (κ2) is 9.65. The number of rotatable bonds is 8. The van der Waals surface area contributed by atoms with Crippen molar-refractivity contribution in [3.63, 3.8) is 0 Å². The molecule has 1 heterocycles. The number of methoxy groups -OCH3 is 2. The van der Waals surface area contributed by atoms with Gasteiger partial charge in [0.25, 0.3) is 5.91 Å². The monoisotopic (exact) mass is 430 g/mol. The summed E-state index contributed by atoms with van der Waals surface area (Å²) in [5.74, 6) is 2.35. The van der Waals surface area contributed by atoms with E-state index in [4.69, 9.17) is 14.2 Å². The summed E-state index contributed by atoms with van der Waals surface area (Å²) < 4.78 is 16.3. The van der Waals surface area contributed by atoms with Gasteiger partial charge in [-0.3, -0.25) is 15.2 Å². The van der Waals surface area contributed by atoms with Crippen LogP contribution in [0.15, 0.2) is 72.8 Å². The van der Waals surface area contributed by atoms with Crippen molar-refractivity contribution < 1.29 is 19.0 Å². The number of nitrogens with zero attached hydrogens (tertiary/aromatic N) is 2. The van der Waals surface area contributed by atoms with Gasteiger partial charge in [-0.2, -0.15) is 4.98 Å². The van der Waals surface area contributed by atoms with Crippen LogP contribution in [0.2, 0.25) is 0 Å². The summed E-state index contributed by atoms with van der Waals surface area (Å²) >= 11 is 0. The first kappa shape index (κ1) is 20.9. The average molecular weight is 430 g/mol. The van der Waals surface area contributed by atoms with Crippen LogP contribution in [0.3, 0.4) is 0 Å². The molecule has 162 valence electrons. The van der Waals surface area contributed by atoms with Crippen molar-refractivity contribution in [2.75, 3.05) is 19.5 Å². The normalized spacial score (nSPS) is 10.4. The summed E-state index contributed by atoms with van der Waals surface area (Å²) in [4.78, 5) is 16.9. The van der Waals surface area contributed by atoms with Gasteiger partial charge in [0.05, 0.1) is 19.8 Å². The third-order valence-corrected chi connectivity index (χ3v) is 4.74. The van der Waals surface area contributed by atoms with E-state index in [9.17, 15) is 4.79 Å². The highest BCUT2D eigenvalue weighted by atomic mass is 16.5. The number of aromatic amines is 1. The smallest absolute Gasteiger partial charge is 0.258 e. The Kier molecular flexibility index (Phi) is 6.31. The lowest BCUT2D eigenvalue weighted by Gasteiger charge is -2.08. The van der Waals surface area contributed by atoms with Crippen LogP contribution in [-0.4, -0.2) is 35.3 Å². The van der Waals surface area contributed by atoms with Crippen LogP contribution in [0, 0.1) is 0 Å². The van der Waals surface area contributed by atoms with Crippen molar-refractivity contribution >= 4 is 11.9 Å². The number of amides is 1. The molecule has 2 N–H and O–H groups in total. The van der Waals surface area contributed by atoms with Crippen molar-refractivity contribution in [2.24, 2.45) is 0 Å². The lowest BCUT2D eigenvalue weighted by atomic mass is 10.1. The number of ether oxygens (including phenoxy) is 3. The number of nitrogens with one attached hydrogen (secondary N) is 2. The molecule has 0 aliphatic rings. The molecule has 0 bridgehead atoms. The number of H-pyrrole nitrogens is 1. The van der Waals surface area contributed by atoms with E-state index in [1.807, 2.05) is 42.5 Å². The summed E-state index contributed by atoms with van der Waals surface area (Å²) in [6.07, 6.45) is 0. The standard InChI is InChI=1S/C24H22N4O4/c1-30-19-12-13-20(21(14-19)31-2)22-25-24(28-27-22)26-23(29)17-10-8-16(9-11-17)15-32-18-6-4-3-5-7-18/h3-14H,15H2,1-2H3,(H2,25,26,27,28,29). The zero-order valence-corrected chi connectivity index (χ0v) is 17.7. The molecule has 4 rings (SSSR count). The Bertz CT molecular complexity index is 1190. The molecule has 1 aromatic heterocycles. The van der Waals surface area contributed by atoms with Gasteiger partial charge in [0.2, 0.25) is 5.95 Å². The summed E-state index contributed by atoms with van der Waals surface area (Å²) in [5, 5.41) is 9.60. The fraction of sp³-hybridized carbons (Fsp3) is 0.125. The van der Waals surface area contributed by atoms with Gasteiger partial charge < -0.3 is 14.2 Å². The molecule has 0 unspecified atom stereocenters. The maximum absolute atomic E-state index is 12.6. The third-order valence-electron chi connectivity index (χ3n) is 4.74. The molecule has 0 spiro atoms. The zero-order chi connectivity index (χ0) is 22.3. The van der Waals surface area contributed by atoms with E-state index >= 15 is 0 Å². The minimum atomic E-state index is -0.312. The molecule has 8 nitrogen and oxygen atoms in total. The van der Waals surface area contributed by atoms with Gasteiger partial charge in [-0.1, -0.05) is 30.3 Å². The number of aromatic nitrogens is 3. The van der Waals surface area contributed by atoms with Crippen molar-refractivity contribution in [3.8, 4) is 28.6 Å². The minimum Gasteiger partial charge on any atom is -0.497 e. The van der Waals surface area contributed by atoms with E-state index in [0.29, 0.717) is 35.1 Å². The van der Waals surface area contributed by atoms with Crippen LogP contribution >= 0.6 is 0 Å². The van der Waals surface area contributed by atoms with E-state index in [0.717, 1.165) is 11.3 Å². The molecule has 0 atom stereocenters. The predicted molar refractivity (Wildman–Crippen MR) is 120 cm³/mol. The van der Waals surface area contributed by atoms with Crippen LogP contribution in [0.1, 0.15) is 15.9 Å². The summed E-state index contributed by atoms with van der Waals surface area (Å²) in [5.41, 5.74) is 2.14. The first-order chi connectivity index (χ1) is 15.7. The maximum atomic E-state index is 12.6. The third kappa shape index (κ3) is 4.86. The highest BCUT2D eigenvalue weighted by molar-refractivity contribution is 6.03. The van der Waals surface area contributed by atoms with Crippen molar-refractivity contribution in [2.45, 2.75) is 6.61 Å². The lowest BCUT2D eigenvalue weighted by Crippen LogP contribution is -2.13. The Morgan fingerprint density at radius 1 is 0.938 bits per heavy atom. The molecule has 0 saturated heterocycles. The molecular weight excluding hydrogens is 408 g/mol. The van der Waals surface area contributed by atoms with E-state index in [-0.39, 0.29) is 11.9 Å². The average Bonchev–Trinajstić information content (AvgIpc) is 3.31. The van der Waals surface area contributed by atoms with Crippen molar-refractivity contribution in [1.29, 1.82) is 0 Å². The molecule has 32 heavy (non-hydrogen) atoms. The lowest BCUT2D eigenvalue weighted by molar-refractivity contribution is 0.102. The second-order valence-corrected chi connectivity index (χ2v) is 6.83. The minimum absolute atomic E-state index is 0.166. The number of anilines is 1. The van der Waals surface area contributed by atoms with E-state index in [1.54, 1.807) is 44.6 Å². The molecule has 0 radical (unpaired) electrons. The molecule has 4 aromatic rings. The summed E-state index contributed by atoms with van der Waals surface area (Å²) in [7, 11) is 3.14. The number of benzene rings is 3. The maximum Gasteiger partial charge on any atom is 0.258 e. The van der Waals surface area contributed by atoms with E-state index < -0.39 is 0 Å². The van der Waals surface area contributed by atoms with Crippen LogP contribution < -0.4 is 19.5 Å². The van der Waals surface area contributed by atoms with Crippen LogP contribution in [0.5, 0.6) is 17.2 Å². The van der Waals surface area contributed by atoms with Gasteiger partial charge in [0.15, 0.2) is 5.82 Å². The zero-order valence-electron chi connectivity index (χ0n) is 17.7. The molecule has 0 aliphatic heterocycles. The largest absolute Gasteiger partial charge is 0.497 e. The number of hydrogen-bond donors (Lipinski definition) is 2. The SMILES string of the molecule is COc1ccc(-c2nc(NC(=O)c3ccc(COc4ccccc4)cc3)n[nH]2)c(OC)c1. The second-order valence-electron chi connectivity index (χ2n) is 6.83. The highest BCUT2D eigenvalue weighted by Crippen LogP contribution is 2.31. The number of para-hydroxylation sites is 1. The van der Waals surface area contributed by atoms with Gasteiger partial charge >= 0.3 is 0 Å². The Hall–Kier alpha value is -4.33. The fourth-order valence-electron chi connectivity index (χ4n) is 3.04. The molecule has 0 fully saturated rings. The van der Waals surface area contributed by atoms with Gasteiger partial charge in [0.1, 0.15) is 23.9 Å². The molecule has 3 aromatic carbocycles. The molecule has 0 aliphatic carbocycles. The topological polar surface area (TPSA) is 98.4 Å². The number of hydrogen-bond acceptors (Lipinski definition) is 6. The van der Waals surface area contributed by atoms with Crippen molar-refractivity contribution in [3.05, 3.63) is 83.9 Å². The quantitative estimate of drug-likeness (QED) is 0.432. The first-order valence-corrected chi connectivity index (χ1v) is 9.89. The fourth-order valence-corrected chi connectivity index (χ4v) is 3.04. The Balaban J connectivity index is 1.40. The van der Waals surface area contributed by atoms with Crippen LogP contribution in [0.4, 0.5) is 5.95 Å². The highest BCUT2D eigenvalue weighted by Gasteiger charge is 2.14. The molecule has 1 amide bonds. The Morgan fingerprint density at radius 2 is 1.72 bits per heavy atom. The molecular formula is C24H22N4O4. The van der Waals surface area contributed by atoms with Crippen LogP contribution in [-0.2, 0) is 6.61 Å². The van der Waals surface area contributed by atoms with Crippen molar-refractivity contribution in [1.82, 2.24) is 15.2 Å². The summed E-state index contributed by atoms with van der Waals surface area (Å²) in [6.45, 7) is 0.417. The molecule has 0 saturated carbocycles. The van der Waals surface area contributed by atoms with Crippen LogP contribution in [0.25, 0.3) is 11.4 Å². The number of carbonyl (C=O) groups excluding carboxylic acids is 1. The predicted octanol–water partition coefficient (Wildman–Crippen LogP) is 4.32. The first-order valence-electron chi connectivity index (χ1n) is 9.89. The Morgan fingerprint density at radius 3 is 2.44 bits per heavy atom.